The molecule has 1 fully saturated rings. The molecule has 0 saturated heterocycles. The van der Waals surface area contributed by atoms with Crippen LogP contribution in [0, 0.1) is 0 Å². The molecule has 1 aromatic carbocycles. The lowest BCUT2D eigenvalue weighted by Crippen LogP contribution is -2.39. The number of nitrogens with zero attached hydrogens (tertiary/aromatic N) is 4. The Kier molecular flexibility index (Phi) is 5.00. The Morgan fingerprint density at radius 2 is 2.00 bits per heavy atom. The Balaban J connectivity index is 1.49. The first kappa shape index (κ1) is 17.5. The van der Waals surface area contributed by atoms with Gasteiger partial charge in [-0.05, 0) is 37.1 Å². The van der Waals surface area contributed by atoms with Crippen molar-refractivity contribution in [2.45, 2.75) is 51.2 Å². The van der Waals surface area contributed by atoms with E-state index in [-0.39, 0.29) is 30.5 Å². The number of aryl methyl sites for hydroxylation is 1. The zero-order valence-electron chi connectivity index (χ0n) is 15.1. The molecule has 0 radical (unpaired) electrons. The van der Waals surface area contributed by atoms with Crippen LogP contribution in [0.4, 0.5) is 0 Å². The van der Waals surface area contributed by atoms with Gasteiger partial charge in [-0.2, -0.15) is 0 Å². The highest BCUT2D eigenvalue weighted by atomic mass is 16.3. The highest BCUT2D eigenvalue weighted by molar-refractivity contribution is 5.77. The fraction of sp³-hybridized carbons (Fsp3) is 0.400. The van der Waals surface area contributed by atoms with E-state index in [1.165, 1.54) is 4.68 Å². The number of hydrogen-bond donors (Lipinski definition) is 0. The Morgan fingerprint density at radius 1 is 1.19 bits per heavy atom. The smallest absolute Gasteiger partial charge is 0.277 e. The second-order valence-electron chi connectivity index (χ2n) is 6.92. The molecule has 7 heteroatoms. The van der Waals surface area contributed by atoms with Gasteiger partial charge < -0.3 is 9.32 Å². The predicted octanol–water partition coefficient (Wildman–Crippen LogP) is 2.75. The molecule has 7 nitrogen and oxygen atoms in total. The molecule has 1 aliphatic rings. The summed E-state index contributed by atoms with van der Waals surface area (Å²) in [6.45, 7) is 0.686. The number of rotatable bonds is 6. The van der Waals surface area contributed by atoms with E-state index in [2.05, 4.69) is 10.3 Å². The van der Waals surface area contributed by atoms with E-state index in [1.807, 2.05) is 23.1 Å². The summed E-state index contributed by atoms with van der Waals surface area (Å²) in [5, 5.41) is 8.57. The summed E-state index contributed by atoms with van der Waals surface area (Å²) in [5.74, 6) is 0.790. The number of carbonyl (C=O) groups excluding carboxylic acids is 1. The van der Waals surface area contributed by atoms with Gasteiger partial charge in [0.1, 0.15) is 11.3 Å². The van der Waals surface area contributed by atoms with Gasteiger partial charge in [-0.3, -0.25) is 9.59 Å². The maximum Gasteiger partial charge on any atom is 0.277 e. The summed E-state index contributed by atoms with van der Waals surface area (Å²) in [5.41, 5.74) is 0.349. The van der Waals surface area contributed by atoms with Crippen molar-refractivity contribution >= 4 is 16.8 Å². The molecule has 2 heterocycles. The summed E-state index contributed by atoms with van der Waals surface area (Å²) >= 11 is 0. The molecule has 1 amide bonds. The van der Waals surface area contributed by atoms with Gasteiger partial charge >= 0.3 is 0 Å². The molecule has 0 spiro atoms. The average molecular weight is 366 g/mol. The van der Waals surface area contributed by atoms with Gasteiger partial charge in [-0.25, -0.2) is 4.68 Å². The fourth-order valence-corrected chi connectivity index (χ4v) is 3.72. The highest BCUT2D eigenvalue weighted by Gasteiger charge is 2.27. The van der Waals surface area contributed by atoms with Crippen LogP contribution in [0.2, 0.25) is 0 Å². The topological polar surface area (TPSA) is 81.2 Å². The summed E-state index contributed by atoms with van der Waals surface area (Å²) < 4.78 is 6.71. The quantitative estimate of drug-likeness (QED) is 0.670. The van der Waals surface area contributed by atoms with Crippen LogP contribution in [0.15, 0.2) is 51.9 Å². The number of benzene rings is 1. The monoisotopic (exact) mass is 366 g/mol. The lowest BCUT2D eigenvalue weighted by atomic mass is 10.2. The third kappa shape index (κ3) is 3.77. The molecule has 0 N–H and O–H groups in total. The second-order valence-corrected chi connectivity index (χ2v) is 6.92. The molecule has 0 atom stereocenters. The van der Waals surface area contributed by atoms with Crippen LogP contribution in [0.5, 0.6) is 0 Å². The molecule has 0 bridgehead atoms. The molecule has 140 valence electrons. The first-order chi connectivity index (χ1) is 13.2. The minimum Gasteiger partial charge on any atom is -0.467 e. The van der Waals surface area contributed by atoms with Gasteiger partial charge in [0.25, 0.3) is 5.56 Å². The SMILES string of the molecule is O=C(CCn1nnc2ccccc2c1=O)N(Cc1ccco1)C1CCCC1. The summed E-state index contributed by atoms with van der Waals surface area (Å²) in [6, 6.07) is 11.1. The van der Waals surface area contributed by atoms with Crippen molar-refractivity contribution in [2.75, 3.05) is 0 Å². The summed E-state index contributed by atoms with van der Waals surface area (Å²) in [4.78, 5) is 27.4. The molecule has 1 aliphatic carbocycles. The summed E-state index contributed by atoms with van der Waals surface area (Å²) in [6.07, 6.45) is 6.15. The van der Waals surface area contributed by atoms with Crippen LogP contribution in [0.25, 0.3) is 10.9 Å². The number of aromatic nitrogens is 3. The number of hydrogen-bond acceptors (Lipinski definition) is 5. The first-order valence-corrected chi connectivity index (χ1v) is 9.37. The van der Waals surface area contributed by atoms with Crippen LogP contribution < -0.4 is 5.56 Å². The zero-order valence-corrected chi connectivity index (χ0v) is 15.1. The molecule has 1 saturated carbocycles. The van der Waals surface area contributed by atoms with Crippen LogP contribution in [-0.4, -0.2) is 31.8 Å². The maximum atomic E-state index is 12.9. The van der Waals surface area contributed by atoms with Crippen LogP contribution in [0.1, 0.15) is 37.9 Å². The number of carbonyl (C=O) groups is 1. The van der Waals surface area contributed by atoms with Crippen LogP contribution in [-0.2, 0) is 17.9 Å². The van der Waals surface area contributed by atoms with E-state index in [4.69, 9.17) is 4.42 Å². The van der Waals surface area contributed by atoms with Gasteiger partial charge in [-0.1, -0.05) is 30.2 Å². The van der Waals surface area contributed by atoms with E-state index >= 15 is 0 Å². The third-order valence-corrected chi connectivity index (χ3v) is 5.16. The zero-order chi connectivity index (χ0) is 18.6. The number of amides is 1. The minimum atomic E-state index is -0.216. The van der Waals surface area contributed by atoms with E-state index in [9.17, 15) is 9.59 Å². The first-order valence-electron chi connectivity index (χ1n) is 9.37. The lowest BCUT2D eigenvalue weighted by Gasteiger charge is -2.28. The van der Waals surface area contributed by atoms with E-state index < -0.39 is 0 Å². The van der Waals surface area contributed by atoms with E-state index in [0.717, 1.165) is 31.4 Å². The Labute approximate surface area is 156 Å². The summed E-state index contributed by atoms with van der Waals surface area (Å²) in [7, 11) is 0. The maximum absolute atomic E-state index is 12.9. The second kappa shape index (κ2) is 7.73. The van der Waals surface area contributed by atoms with E-state index in [1.54, 1.807) is 24.5 Å². The average Bonchev–Trinajstić information content (AvgIpc) is 3.39. The minimum absolute atomic E-state index is 0.0140. The molecule has 27 heavy (non-hydrogen) atoms. The lowest BCUT2D eigenvalue weighted by molar-refractivity contribution is -0.134. The molecule has 0 unspecified atom stereocenters. The Morgan fingerprint density at radius 3 is 2.78 bits per heavy atom. The normalized spacial score (nSPS) is 14.7. The van der Waals surface area contributed by atoms with Crippen molar-refractivity contribution < 1.29 is 9.21 Å². The van der Waals surface area contributed by atoms with Crippen LogP contribution in [0.3, 0.4) is 0 Å². The fourth-order valence-electron chi connectivity index (χ4n) is 3.72. The molecule has 0 aliphatic heterocycles. The van der Waals surface area contributed by atoms with Crippen molar-refractivity contribution in [1.29, 1.82) is 0 Å². The Hall–Kier alpha value is -2.96. The molecule has 2 aromatic heterocycles. The van der Waals surface area contributed by atoms with Gasteiger partial charge in [0.15, 0.2) is 0 Å². The van der Waals surface area contributed by atoms with Crippen molar-refractivity contribution in [1.82, 2.24) is 19.9 Å². The highest BCUT2D eigenvalue weighted by Crippen LogP contribution is 2.25. The Bertz CT molecular complexity index is 974. The standard InChI is InChI=1S/C20H22N4O3/c25-19(23(15-6-1-2-7-15)14-16-8-5-13-27-16)11-12-24-20(26)17-9-3-4-10-18(17)21-22-24/h3-5,8-10,13,15H,1-2,6-7,11-12,14H2. The molecule has 3 aromatic rings. The third-order valence-electron chi connectivity index (χ3n) is 5.16. The molecular formula is C20H22N4O3. The van der Waals surface area contributed by atoms with Crippen molar-refractivity contribution in [3.8, 4) is 0 Å². The number of furan rings is 1. The van der Waals surface area contributed by atoms with Crippen molar-refractivity contribution in [3.63, 3.8) is 0 Å². The largest absolute Gasteiger partial charge is 0.467 e. The number of fused-ring (bicyclic) bond motifs is 1. The molecule has 4 rings (SSSR count). The van der Waals surface area contributed by atoms with Crippen molar-refractivity contribution in [3.05, 3.63) is 58.8 Å². The van der Waals surface area contributed by atoms with Gasteiger partial charge in [-0.15, -0.1) is 5.10 Å². The molecular weight excluding hydrogens is 344 g/mol. The van der Waals surface area contributed by atoms with Gasteiger partial charge in [0, 0.05) is 12.5 Å². The predicted molar refractivity (Wildman–Crippen MR) is 99.9 cm³/mol. The van der Waals surface area contributed by atoms with Gasteiger partial charge in [0.05, 0.1) is 24.7 Å². The van der Waals surface area contributed by atoms with Crippen LogP contribution >= 0.6 is 0 Å². The van der Waals surface area contributed by atoms with Crippen molar-refractivity contribution in [2.24, 2.45) is 0 Å². The van der Waals surface area contributed by atoms with E-state index in [0.29, 0.717) is 17.4 Å². The van der Waals surface area contributed by atoms with Gasteiger partial charge in [0.2, 0.25) is 5.91 Å².